The molecule has 1 heterocycles. The molecule has 100 valence electrons. The smallest absolute Gasteiger partial charge is 0.414 e. The first-order valence-corrected chi connectivity index (χ1v) is 7.34. The molecule has 1 atom stereocenters. The molecule has 0 saturated carbocycles. The highest BCUT2D eigenvalue weighted by molar-refractivity contribution is 8.03. The van der Waals surface area contributed by atoms with Gasteiger partial charge in [0, 0.05) is 42.1 Å². The van der Waals surface area contributed by atoms with Gasteiger partial charge in [0.05, 0.1) is 0 Å². The van der Waals surface area contributed by atoms with E-state index in [1.807, 2.05) is 11.8 Å². The summed E-state index contributed by atoms with van der Waals surface area (Å²) in [5, 5.41) is 19.0. The van der Waals surface area contributed by atoms with Gasteiger partial charge in [-0.05, 0) is 0 Å². The Balaban J connectivity index is 0.000000366. The van der Waals surface area contributed by atoms with Gasteiger partial charge in [-0.1, -0.05) is 0 Å². The van der Waals surface area contributed by atoms with E-state index in [4.69, 9.17) is 25.5 Å². The Labute approximate surface area is 109 Å². The number of carboxylic acid groups (broad SMARTS) is 2. The van der Waals surface area contributed by atoms with E-state index >= 15 is 0 Å². The Bertz CT molecular complexity index is 223. The molecule has 0 amide bonds. The lowest BCUT2D eigenvalue weighted by molar-refractivity contribution is -0.159. The number of nitrogens with one attached hydrogen (secondary N) is 1. The Morgan fingerprint density at radius 2 is 2.06 bits per heavy atom. The van der Waals surface area contributed by atoms with E-state index < -0.39 is 11.9 Å². The van der Waals surface area contributed by atoms with Crippen molar-refractivity contribution in [1.82, 2.24) is 5.32 Å². The van der Waals surface area contributed by atoms with Gasteiger partial charge >= 0.3 is 11.9 Å². The minimum absolute atomic E-state index is 0.815. The summed E-state index contributed by atoms with van der Waals surface area (Å²) in [5.41, 5.74) is 5.40. The molecule has 0 spiro atoms. The fourth-order valence-electron chi connectivity index (χ4n) is 1.02. The number of hydrogen-bond acceptors (Lipinski definition) is 6. The number of thioether (sulfide) groups is 2. The van der Waals surface area contributed by atoms with Crippen LogP contribution < -0.4 is 11.1 Å². The first-order chi connectivity index (χ1) is 8.07. The zero-order valence-electron chi connectivity index (χ0n) is 9.42. The third kappa shape index (κ3) is 10.4. The van der Waals surface area contributed by atoms with Crippen LogP contribution in [0.25, 0.3) is 0 Å². The van der Waals surface area contributed by atoms with E-state index in [1.165, 1.54) is 24.6 Å². The predicted molar refractivity (Wildman–Crippen MR) is 70.8 cm³/mol. The van der Waals surface area contributed by atoms with Gasteiger partial charge in [0.15, 0.2) is 0 Å². The molecular formula is C9H18N2O4S2. The topological polar surface area (TPSA) is 113 Å². The fraction of sp³-hybridized carbons (Fsp3) is 0.778. The number of carboxylic acids is 2. The number of aliphatic carboxylic acids is 2. The highest BCUT2D eigenvalue weighted by atomic mass is 32.2. The molecule has 1 fully saturated rings. The summed E-state index contributed by atoms with van der Waals surface area (Å²) in [5.74, 6) is -0.00948. The standard InChI is InChI=1S/C7H16N2S2.C2H2O4/c8-1-3-10-6-7-5-9-2-4-11-7;3-1(4)2(5)6/h7,9H,1-6,8H2;(H,3,4)(H,5,6). The summed E-state index contributed by atoms with van der Waals surface area (Å²) in [6.07, 6.45) is 0. The fourth-order valence-corrected chi connectivity index (χ4v) is 3.24. The van der Waals surface area contributed by atoms with E-state index in [-0.39, 0.29) is 0 Å². The molecule has 0 aromatic carbocycles. The van der Waals surface area contributed by atoms with E-state index in [0.29, 0.717) is 0 Å². The van der Waals surface area contributed by atoms with Gasteiger partial charge in [-0.2, -0.15) is 23.5 Å². The maximum Gasteiger partial charge on any atom is 0.414 e. The van der Waals surface area contributed by atoms with E-state index in [9.17, 15) is 0 Å². The summed E-state index contributed by atoms with van der Waals surface area (Å²) >= 11 is 4.06. The Hall–Kier alpha value is -0.440. The highest BCUT2D eigenvalue weighted by Crippen LogP contribution is 2.17. The van der Waals surface area contributed by atoms with Crippen LogP contribution >= 0.6 is 23.5 Å². The van der Waals surface area contributed by atoms with Crippen LogP contribution in [0.15, 0.2) is 0 Å². The molecule has 5 N–H and O–H groups in total. The van der Waals surface area contributed by atoms with Gasteiger partial charge in [0.2, 0.25) is 0 Å². The van der Waals surface area contributed by atoms with Crippen LogP contribution in [0, 0.1) is 0 Å². The molecule has 8 heteroatoms. The lowest BCUT2D eigenvalue weighted by Crippen LogP contribution is -2.34. The van der Waals surface area contributed by atoms with Crippen molar-refractivity contribution in [2.45, 2.75) is 5.25 Å². The van der Waals surface area contributed by atoms with Crippen LogP contribution in [0.3, 0.4) is 0 Å². The van der Waals surface area contributed by atoms with Gasteiger partial charge < -0.3 is 21.3 Å². The van der Waals surface area contributed by atoms with Crippen molar-refractivity contribution in [3.05, 3.63) is 0 Å². The van der Waals surface area contributed by atoms with E-state index in [0.717, 1.165) is 17.5 Å². The largest absolute Gasteiger partial charge is 0.473 e. The number of rotatable bonds is 4. The minimum Gasteiger partial charge on any atom is -0.473 e. The first-order valence-electron chi connectivity index (χ1n) is 5.14. The van der Waals surface area contributed by atoms with Gasteiger partial charge in [-0.15, -0.1) is 0 Å². The molecule has 1 rings (SSSR count). The second kappa shape index (κ2) is 10.7. The zero-order valence-corrected chi connectivity index (χ0v) is 11.1. The first kappa shape index (κ1) is 16.6. The number of nitrogens with two attached hydrogens (primary N) is 1. The lowest BCUT2D eigenvalue weighted by atomic mass is 10.4. The van der Waals surface area contributed by atoms with Gasteiger partial charge in [-0.25, -0.2) is 9.59 Å². The van der Waals surface area contributed by atoms with E-state index in [1.54, 1.807) is 0 Å². The normalized spacial score (nSPS) is 19.0. The van der Waals surface area contributed by atoms with E-state index in [2.05, 4.69) is 17.1 Å². The zero-order chi connectivity index (χ0) is 13.1. The molecule has 0 radical (unpaired) electrons. The summed E-state index contributed by atoms with van der Waals surface area (Å²) < 4.78 is 0. The van der Waals surface area contributed by atoms with Crippen LogP contribution in [0.1, 0.15) is 0 Å². The lowest BCUT2D eigenvalue weighted by Gasteiger charge is -2.21. The van der Waals surface area contributed by atoms with Crippen molar-refractivity contribution in [1.29, 1.82) is 0 Å². The molecule has 0 aliphatic carbocycles. The average Bonchev–Trinajstić information content (AvgIpc) is 2.31. The molecule has 1 aliphatic rings. The second-order valence-electron chi connectivity index (χ2n) is 3.17. The van der Waals surface area contributed by atoms with Crippen molar-refractivity contribution in [2.75, 3.05) is 36.9 Å². The highest BCUT2D eigenvalue weighted by Gasteiger charge is 2.12. The quantitative estimate of drug-likeness (QED) is 0.405. The molecular weight excluding hydrogens is 264 g/mol. The third-order valence-electron chi connectivity index (χ3n) is 1.75. The van der Waals surface area contributed by atoms with Crippen LogP contribution in [0.2, 0.25) is 0 Å². The molecule has 1 aliphatic heterocycles. The molecule has 1 saturated heterocycles. The number of hydrogen-bond donors (Lipinski definition) is 4. The van der Waals surface area contributed by atoms with Crippen LogP contribution in [-0.2, 0) is 9.59 Å². The van der Waals surface area contributed by atoms with Crippen molar-refractivity contribution in [2.24, 2.45) is 5.73 Å². The molecule has 0 aromatic rings. The average molecular weight is 282 g/mol. The maximum absolute atomic E-state index is 9.10. The van der Waals surface area contributed by atoms with Gasteiger partial charge in [0.25, 0.3) is 0 Å². The molecule has 0 aromatic heterocycles. The summed E-state index contributed by atoms with van der Waals surface area (Å²) in [6.45, 7) is 3.18. The van der Waals surface area contributed by atoms with Gasteiger partial charge in [-0.3, -0.25) is 0 Å². The molecule has 1 unspecified atom stereocenters. The number of carbonyl (C=O) groups is 2. The third-order valence-corrected chi connectivity index (χ3v) is 4.37. The monoisotopic (exact) mass is 282 g/mol. The van der Waals surface area contributed by atoms with Gasteiger partial charge in [0.1, 0.15) is 0 Å². The summed E-state index contributed by atoms with van der Waals surface area (Å²) in [7, 11) is 0. The summed E-state index contributed by atoms with van der Waals surface area (Å²) in [4.78, 5) is 18.2. The second-order valence-corrected chi connectivity index (χ2v) is 5.73. The van der Waals surface area contributed by atoms with Crippen LogP contribution in [0.5, 0.6) is 0 Å². The van der Waals surface area contributed by atoms with Crippen molar-refractivity contribution < 1.29 is 19.8 Å². The van der Waals surface area contributed by atoms with Crippen molar-refractivity contribution in [3.8, 4) is 0 Å². The molecule has 17 heavy (non-hydrogen) atoms. The summed E-state index contributed by atoms with van der Waals surface area (Å²) in [6, 6.07) is 0. The van der Waals surface area contributed by atoms with Crippen LogP contribution in [-0.4, -0.2) is 64.3 Å². The van der Waals surface area contributed by atoms with Crippen molar-refractivity contribution in [3.63, 3.8) is 0 Å². The SMILES string of the molecule is NCCSCC1CNCCS1.O=C(O)C(=O)O. The minimum atomic E-state index is -1.82. The predicted octanol–water partition coefficient (Wildman–Crippen LogP) is -0.461. The Kier molecular flexibility index (Phi) is 10.4. The maximum atomic E-state index is 9.10. The Morgan fingerprint density at radius 1 is 1.41 bits per heavy atom. The van der Waals surface area contributed by atoms with Crippen molar-refractivity contribution >= 4 is 35.5 Å². The molecule has 6 nitrogen and oxygen atoms in total. The van der Waals surface area contributed by atoms with Crippen LogP contribution in [0.4, 0.5) is 0 Å². The Morgan fingerprint density at radius 3 is 2.47 bits per heavy atom. The molecule has 0 bridgehead atoms.